The van der Waals surface area contributed by atoms with Gasteiger partial charge >= 0.3 is 0 Å². The number of methoxy groups -OCH3 is 1. The van der Waals surface area contributed by atoms with Gasteiger partial charge in [0.1, 0.15) is 5.60 Å². The topological polar surface area (TPSA) is 38.3 Å². The molecule has 1 N–H and O–H groups in total. The van der Waals surface area contributed by atoms with E-state index >= 15 is 0 Å². The molecule has 0 fully saturated rings. The average molecular weight is 215 g/mol. The van der Waals surface area contributed by atoms with Crippen molar-refractivity contribution in [2.75, 3.05) is 13.7 Å². The van der Waals surface area contributed by atoms with Gasteiger partial charge in [-0.3, -0.25) is 4.79 Å². The molecule has 0 heterocycles. The van der Waals surface area contributed by atoms with Crippen LogP contribution in [0.1, 0.15) is 47.5 Å². The molecule has 90 valence electrons. The molecule has 0 aliphatic carbocycles. The second kappa shape index (κ2) is 5.50. The van der Waals surface area contributed by atoms with Crippen LogP contribution in [0.25, 0.3) is 0 Å². The van der Waals surface area contributed by atoms with Crippen molar-refractivity contribution in [2.45, 2.75) is 53.1 Å². The summed E-state index contributed by atoms with van der Waals surface area (Å²) in [4.78, 5) is 11.6. The summed E-state index contributed by atoms with van der Waals surface area (Å²) in [6.07, 6.45) is 2.12. The highest BCUT2D eigenvalue weighted by Gasteiger charge is 2.26. The first kappa shape index (κ1) is 14.4. The Kier molecular flexibility index (Phi) is 5.29. The van der Waals surface area contributed by atoms with Gasteiger partial charge in [0, 0.05) is 13.7 Å². The van der Waals surface area contributed by atoms with Crippen LogP contribution in [0.4, 0.5) is 0 Å². The zero-order valence-corrected chi connectivity index (χ0v) is 10.9. The fourth-order valence-electron chi connectivity index (χ4n) is 1.13. The molecule has 0 unspecified atom stereocenters. The average Bonchev–Trinajstić information content (AvgIpc) is 2.10. The Morgan fingerprint density at radius 1 is 1.20 bits per heavy atom. The maximum Gasteiger partial charge on any atom is 0.251 e. The Bertz CT molecular complexity index is 204. The van der Waals surface area contributed by atoms with Gasteiger partial charge in [0.15, 0.2) is 0 Å². The Morgan fingerprint density at radius 2 is 1.73 bits per heavy atom. The third-order valence-electron chi connectivity index (χ3n) is 2.45. The summed E-state index contributed by atoms with van der Waals surface area (Å²) in [7, 11) is 1.55. The van der Waals surface area contributed by atoms with E-state index in [1.165, 1.54) is 0 Å². The van der Waals surface area contributed by atoms with E-state index in [9.17, 15) is 4.79 Å². The van der Waals surface area contributed by atoms with E-state index in [1.54, 1.807) is 21.0 Å². The molecule has 0 saturated carbocycles. The van der Waals surface area contributed by atoms with Crippen molar-refractivity contribution in [3.63, 3.8) is 0 Å². The molecule has 0 rings (SSSR count). The van der Waals surface area contributed by atoms with Crippen molar-refractivity contribution in [1.82, 2.24) is 5.32 Å². The lowest BCUT2D eigenvalue weighted by Gasteiger charge is -2.22. The number of carbonyl (C=O) groups is 1. The standard InChI is InChI=1S/C12H25NO2/c1-11(2,3)8-7-9-13-10(14)12(4,5)15-6/h7-9H2,1-6H3,(H,13,14). The maximum atomic E-state index is 11.6. The molecular weight excluding hydrogens is 190 g/mol. The molecule has 0 aliphatic rings. The van der Waals surface area contributed by atoms with E-state index < -0.39 is 5.60 Å². The molecular formula is C12H25NO2. The van der Waals surface area contributed by atoms with Crippen molar-refractivity contribution < 1.29 is 9.53 Å². The number of carbonyl (C=O) groups excluding carboxylic acids is 1. The second-order valence-corrected chi connectivity index (χ2v) is 5.63. The number of rotatable bonds is 5. The van der Waals surface area contributed by atoms with Crippen LogP contribution < -0.4 is 5.32 Å². The van der Waals surface area contributed by atoms with Gasteiger partial charge in [0.2, 0.25) is 0 Å². The number of amides is 1. The third kappa shape index (κ3) is 6.50. The summed E-state index contributed by atoms with van der Waals surface area (Å²) < 4.78 is 5.09. The van der Waals surface area contributed by atoms with Gasteiger partial charge in [-0.15, -0.1) is 0 Å². The lowest BCUT2D eigenvalue weighted by molar-refractivity contribution is -0.139. The Balaban J connectivity index is 3.74. The van der Waals surface area contributed by atoms with Crippen molar-refractivity contribution >= 4 is 5.91 Å². The highest BCUT2D eigenvalue weighted by atomic mass is 16.5. The zero-order chi connectivity index (χ0) is 12.1. The van der Waals surface area contributed by atoms with Gasteiger partial charge in [-0.25, -0.2) is 0 Å². The minimum Gasteiger partial charge on any atom is -0.369 e. The van der Waals surface area contributed by atoms with Crippen LogP contribution in [0.5, 0.6) is 0 Å². The van der Waals surface area contributed by atoms with Crippen LogP contribution in [0.3, 0.4) is 0 Å². The van der Waals surface area contributed by atoms with Crippen LogP contribution in [-0.4, -0.2) is 25.2 Å². The number of nitrogens with one attached hydrogen (secondary N) is 1. The fourth-order valence-corrected chi connectivity index (χ4v) is 1.13. The predicted molar refractivity (Wildman–Crippen MR) is 62.8 cm³/mol. The molecule has 0 atom stereocenters. The van der Waals surface area contributed by atoms with Crippen molar-refractivity contribution in [3.8, 4) is 0 Å². The molecule has 1 amide bonds. The maximum absolute atomic E-state index is 11.6. The van der Waals surface area contributed by atoms with Gasteiger partial charge in [-0.2, -0.15) is 0 Å². The first-order valence-electron chi connectivity index (χ1n) is 5.52. The van der Waals surface area contributed by atoms with Crippen LogP contribution in [-0.2, 0) is 9.53 Å². The summed E-state index contributed by atoms with van der Waals surface area (Å²) in [6.45, 7) is 10.9. The SMILES string of the molecule is COC(C)(C)C(=O)NCCCC(C)(C)C. The lowest BCUT2D eigenvalue weighted by atomic mass is 9.90. The summed E-state index contributed by atoms with van der Waals surface area (Å²) in [6, 6.07) is 0. The van der Waals surface area contributed by atoms with Crippen LogP contribution >= 0.6 is 0 Å². The van der Waals surface area contributed by atoms with Crippen LogP contribution in [0.2, 0.25) is 0 Å². The van der Waals surface area contributed by atoms with E-state index in [1.807, 2.05) is 0 Å². The fraction of sp³-hybridized carbons (Fsp3) is 0.917. The quantitative estimate of drug-likeness (QED) is 0.715. The van der Waals surface area contributed by atoms with Crippen molar-refractivity contribution in [3.05, 3.63) is 0 Å². The highest BCUT2D eigenvalue weighted by Crippen LogP contribution is 2.19. The normalized spacial score (nSPS) is 12.7. The summed E-state index contributed by atoms with van der Waals surface area (Å²) in [5.74, 6) is -0.0427. The minimum atomic E-state index is -0.721. The van der Waals surface area contributed by atoms with E-state index in [0.29, 0.717) is 5.41 Å². The largest absolute Gasteiger partial charge is 0.369 e. The Labute approximate surface area is 93.6 Å². The van der Waals surface area contributed by atoms with Crippen molar-refractivity contribution in [1.29, 1.82) is 0 Å². The first-order chi connectivity index (χ1) is 6.69. The number of hydrogen-bond acceptors (Lipinski definition) is 2. The van der Waals surface area contributed by atoms with Crippen LogP contribution in [0.15, 0.2) is 0 Å². The molecule has 15 heavy (non-hydrogen) atoms. The number of ether oxygens (including phenoxy) is 1. The first-order valence-corrected chi connectivity index (χ1v) is 5.52. The minimum absolute atomic E-state index is 0.0427. The predicted octanol–water partition coefficient (Wildman–Crippen LogP) is 2.35. The molecule has 3 nitrogen and oxygen atoms in total. The molecule has 3 heteroatoms. The summed E-state index contributed by atoms with van der Waals surface area (Å²) >= 11 is 0. The third-order valence-corrected chi connectivity index (χ3v) is 2.45. The van der Waals surface area contributed by atoms with Crippen LogP contribution in [0, 0.1) is 5.41 Å². The second-order valence-electron chi connectivity index (χ2n) is 5.63. The Hall–Kier alpha value is -0.570. The summed E-state index contributed by atoms with van der Waals surface area (Å²) in [5, 5.41) is 2.88. The molecule has 0 radical (unpaired) electrons. The Morgan fingerprint density at radius 3 is 2.13 bits per heavy atom. The molecule has 0 aromatic carbocycles. The number of hydrogen-bond donors (Lipinski definition) is 1. The van der Waals surface area contributed by atoms with Gasteiger partial charge in [-0.05, 0) is 32.1 Å². The van der Waals surface area contributed by atoms with E-state index in [-0.39, 0.29) is 5.91 Å². The van der Waals surface area contributed by atoms with E-state index in [4.69, 9.17) is 4.74 Å². The highest BCUT2D eigenvalue weighted by molar-refractivity contribution is 5.84. The van der Waals surface area contributed by atoms with Gasteiger partial charge in [0.05, 0.1) is 0 Å². The lowest BCUT2D eigenvalue weighted by Crippen LogP contribution is -2.43. The van der Waals surface area contributed by atoms with Gasteiger partial charge in [0.25, 0.3) is 5.91 Å². The zero-order valence-electron chi connectivity index (χ0n) is 10.9. The summed E-state index contributed by atoms with van der Waals surface area (Å²) in [5.41, 5.74) is -0.386. The molecule has 0 bridgehead atoms. The van der Waals surface area contributed by atoms with Gasteiger partial charge in [-0.1, -0.05) is 20.8 Å². The molecule has 0 saturated heterocycles. The smallest absolute Gasteiger partial charge is 0.251 e. The van der Waals surface area contributed by atoms with E-state index in [0.717, 1.165) is 19.4 Å². The molecule has 0 aliphatic heterocycles. The monoisotopic (exact) mass is 215 g/mol. The molecule has 0 spiro atoms. The van der Waals surface area contributed by atoms with Gasteiger partial charge < -0.3 is 10.1 Å². The molecule has 0 aromatic rings. The van der Waals surface area contributed by atoms with Crippen molar-refractivity contribution in [2.24, 2.45) is 5.41 Å². The molecule has 0 aromatic heterocycles. The van der Waals surface area contributed by atoms with E-state index in [2.05, 4.69) is 26.1 Å².